The topological polar surface area (TPSA) is 70.5 Å². The zero-order chi connectivity index (χ0) is 13.8. The Morgan fingerprint density at radius 1 is 1.56 bits per heavy atom. The number of rotatable bonds is 6. The van der Waals surface area contributed by atoms with E-state index in [2.05, 4.69) is 15.3 Å². The number of hydrogen-bond acceptors (Lipinski definition) is 6. The molecule has 7 heteroatoms. The van der Waals surface area contributed by atoms with Gasteiger partial charge in [-0.2, -0.15) is 4.98 Å². The van der Waals surface area contributed by atoms with Crippen molar-refractivity contribution in [3.63, 3.8) is 0 Å². The Labute approximate surface area is 112 Å². The van der Waals surface area contributed by atoms with Gasteiger partial charge in [-0.05, 0) is 21.0 Å². The molecule has 0 saturated heterocycles. The van der Waals surface area contributed by atoms with Crippen molar-refractivity contribution < 1.29 is 9.84 Å². The molecule has 0 bridgehead atoms. The molecular weight excluding hydrogens is 256 g/mol. The fraction of sp³-hybridized carbons (Fsp3) is 0.636. The molecule has 0 spiro atoms. The third-order valence-electron chi connectivity index (χ3n) is 2.20. The van der Waals surface area contributed by atoms with E-state index in [1.165, 1.54) is 13.3 Å². The highest BCUT2D eigenvalue weighted by atomic mass is 35.5. The predicted octanol–water partition coefficient (Wildman–Crippen LogP) is 0.863. The highest BCUT2D eigenvalue weighted by Gasteiger charge is 2.21. The molecule has 0 radical (unpaired) electrons. The van der Waals surface area contributed by atoms with E-state index in [-0.39, 0.29) is 6.01 Å². The van der Waals surface area contributed by atoms with Crippen LogP contribution < -0.4 is 10.1 Å². The van der Waals surface area contributed by atoms with Crippen molar-refractivity contribution in [1.29, 1.82) is 0 Å². The van der Waals surface area contributed by atoms with Crippen molar-refractivity contribution in [2.24, 2.45) is 0 Å². The molecule has 1 rings (SSSR count). The molecule has 1 aromatic heterocycles. The summed E-state index contributed by atoms with van der Waals surface area (Å²) in [5.74, 6) is 0.447. The minimum Gasteiger partial charge on any atom is -0.467 e. The second-order valence-corrected chi connectivity index (χ2v) is 5.05. The predicted molar refractivity (Wildman–Crippen MR) is 71.3 cm³/mol. The lowest BCUT2D eigenvalue weighted by molar-refractivity contribution is 0.0459. The fourth-order valence-electron chi connectivity index (χ4n) is 1.58. The van der Waals surface area contributed by atoms with Gasteiger partial charge in [0.25, 0.3) is 0 Å². The van der Waals surface area contributed by atoms with Gasteiger partial charge in [0.05, 0.1) is 18.9 Å². The molecule has 0 amide bonds. The molecule has 2 N–H and O–H groups in total. The lowest BCUT2D eigenvalue weighted by Gasteiger charge is -2.27. The van der Waals surface area contributed by atoms with E-state index in [0.29, 0.717) is 23.9 Å². The second-order valence-electron chi connectivity index (χ2n) is 4.64. The number of hydrogen-bond donors (Lipinski definition) is 2. The molecule has 102 valence electrons. The number of nitrogens with one attached hydrogen (secondary N) is 1. The Balaban J connectivity index is 2.67. The normalized spacial score (nSPS) is 14.4. The van der Waals surface area contributed by atoms with Gasteiger partial charge >= 0.3 is 6.01 Å². The summed E-state index contributed by atoms with van der Waals surface area (Å²) in [7, 11) is 5.28. The molecular formula is C11H19ClN4O2. The number of aliphatic hydroxyl groups is 1. The van der Waals surface area contributed by atoms with Gasteiger partial charge in [0.1, 0.15) is 5.02 Å². The molecule has 0 aliphatic rings. The number of halogens is 1. The summed E-state index contributed by atoms with van der Waals surface area (Å²) in [6.07, 6.45) is 1.45. The quantitative estimate of drug-likeness (QED) is 0.802. The molecule has 0 saturated carbocycles. The molecule has 0 fully saturated rings. The van der Waals surface area contributed by atoms with Crippen LogP contribution in [0.4, 0.5) is 5.82 Å². The summed E-state index contributed by atoms with van der Waals surface area (Å²) in [4.78, 5) is 9.85. The van der Waals surface area contributed by atoms with Gasteiger partial charge in [0.2, 0.25) is 0 Å². The Morgan fingerprint density at radius 2 is 2.22 bits per heavy atom. The van der Waals surface area contributed by atoms with Crippen LogP contribution in [0.1, 0.15) is 6.92 Å². The fourth-order valence-corrected chi connectivity index (χ4v) is 1.74. The third kappa shape index (κ3) is 4.64. The van der Waals surface area contributed by atoms with Crippen LogP contribution in [0.3, 0.4) is 0 Å². The molecule has 0 aliphatic carbocycles. The van der Waals surface area contributed by atoms with Crippen molar-refractivity contribution in [2.75, 3.05) is 39.6 Å². The van der Waals surface area contributed by atoms with Gasteiger partial charge in [-0.1, -0.05) is 11.6 Å². The summed E-state index contributed by atoms with van der Waals surface area (Å²) in [6.45, 7) is 2.59. The van der Waals surface area contributed by atoms with Crippen LogP contribution in [0, 0.1) is 0 Å². The number of ether oxygens (including phenoxy) is 1. The van der Waals surface area contributed by atoms with Gasteiger partial charge in [0.15, 0.2) is 5.82 Å². The van der Waals surface area contributed by atoms with Crippen molar-refractivity contribution in [3.8, 4) is 6.01 Å². The van der Waals surface area contributed by atoms with Gasteiger partial charge in [0, 0.05) is 13.1 Å². The molecule has 0 aliphatic heterocycles. The number of methoxy groups -OCH3 is 1. The summed E-state index contributed by atoms with van der Waals surface area (Å²) >= 11 is 5.95. The molecule has 1 unspecified atom stereocenters. The summed E-state index contributed by atoms with van der Waals surface area (Å²) in [6, 6.07) is 0.231. The van der Waals surface area contributed by atoms with E-state index >= 15 is 0 Å². The smallest absolute Gasteiger partial charge is 0.318 e. The maximum atomic E-state index is 10.1. The van der Waals surface area contributed by atoms with Crippen molar-refractivity contribution in [1.82, 2.24) is 14.9 Å². The first kappa shape index (κ1) is 14.9. The first-order chi connectivity index (χ1) is 8.34. The van der Waals surface area contributed by atoms with Gasteiger partial charge in [-0.25, -0.2) is 4.98 Å². The maximum Gasteiger partial charge on any atom is 0.318 e. The van der Waals surface area contributed by atoms with E-state index in [9.17, 15) is 5.11 Å². The molecule has 1 atom stereocenters. The SMILES string of the molecule is COc1ncc(Cl)c(NCC(C)(O)CN(C)C)n1. The first-order valence-electron chi connectivity index (χ1n) is 5.51. The zero-order valence-corrected chi connectivity index (χ0v) is 11.8. The van der Waals surface area contributed by atoms with Crippen LogP contribution >= 0.6 is 11.6 Å². The van der Waals surface area contributed by atoms with Crippen LogP contribution in [0.2, 0.25) is 5.02 Å². The summed E-state index contributed by atoms with van der Waals surface area (Å²) in [5, 5.41) is 13.5. The Morgan fingerprint density at radius 3 is 2.78 bits per heavy atom. The van der Waals surface area contributed by atoms with Gasteiger partial charge in [-0.3, -0.25) is 0 Å². The Bertz CT molecular complexity index is 399. The molecule has 1 heterocycles. The highest BCUT2D eigenvalue weighted by molar-refractivity contribution is 6.32. The van der Waals surface area contributed by atoms with Crippen LogP contribution in [0.25, 0.3) is 0 Å². The number of anilines is 1. The van der Waals surface area contributed by atoms with Gasteiger partial charge in [-0.15, -0.1) is 0 Å². The number of nitrogens with zero attached hydrogens (tertiary/aromatic N) is 3. The highest BCUT2D eigenvalue weighted by Crippen LogP contribution is 2.20. The van der Waals surface area contributed by atoms with E-state index < -0.39 is 5.60 Å². The van der Waals surface area contributed by atoms with Crippen LogP contribution in [0.15, 0.2) is 6.20 Å². The molecule has 18 heavy (non-hydrogen) atoms. The average Bonchev–Trinajstić information content (AvgIpc) is 2.26. The van der Waals surface area contributed by atoms with Crippen LogP contribution in [-0.4, -0.2) is 59.9 Å². The lowest BCUT2D eigenvalue weighted by Crippen LogP contribution is -2.43. The van der Waals surface area contributed by atoms with Gasteiger partial charge < -0.3 is 20.1 Å². The van der Waals surface area contributed by atoms with Crippen molar-refractivity contribution >= 4 is 17.4 Å². The van der Waals surface area contributed by atoms with Crippen LogP contribution in [-0.2, 0) is 0 Å². The largest absolute Gasteiger partial charge is 0.467 e. The third-order valence-corrected chi connectivity index (χ3v) is 2.47. The Hall–Kier alpha value is -1.11. The zero-order valence-electron chi connectivity index (χ0n) is 11.1. The van der Waals surface area contributed by atoms with E-state index in [1.54, 1.807) is 6.92 Å². The molecule has 1 aromatic rings. The van der Waals surface area contributed by atoms with Crippen molar-refractivity contribution in [2.45, 2.75) is 12.5 Å². The minimum atomic E-state index is -0.884. The lowest BCUT2D eigenvalue weighted by atomic mass is 10.1. The monoisotopic (exact) mass is 274 g/mol. The Kier molecular flexibility index (Phi) is 5.13. The number of likely N-dealkylation sites (N-methyl/N-ethyl adjacent to an activating group) is 1. The molecule has 0 aromatic carbocycles. The minimum absolute atomic E-state index is 0.231. The molecule has 6 nitrogen and oxygen atoms in total. The van der Waals surface area contributed by atoms with Crippen molar-refractivity contribution in [3.05, 3.63) is 11.2 Å². The van der Waals surface area contributed by atoms with Crippen LogP contribution in [0.5, 0.6) is 6.01 Å². The standard InChI is InChI=1S/C11H19ClN4O2/c1-11(17,7-16(2)3)6-14-9-8(12)5-13-10(15-9)18-4/h5,17H,6-7H2,1-4H3,(H,13,14,15). The second kappa shape index (κ2) is 6.17. The van der Waals surface area contributed by atoms with E-state index in [4.69, 9.17) is 16.3 Å². The van der Waals surface area contributed by atoms with E-state index in [1.807, 2.05) is 19.0 Å². The maximum absolute atomic E-state index is 10.1. The number of aromatic nitrogens is 2. The van der Waals surface area contributed by atoms with E-state index in [0.717, 1.165) is 0 Å². The summed E-state index contributed by atoms with van der Waals surface area (Å²) < 4.78 is 4.91. The summed E-state index contributed by atoms with van der Waals surface area (Å²) in [5.41, 5.74) is -0.884. The first-order valence-corrected chi connectivity index (χ1v) is 5.89. The average molecular weight is 275 g/mol.